The Balaban J connectivity index is 1.57. The summed E-state index contributed by atoms with van der Waals surface area (Å²) in [5.74, 6) is -1.14. The van der Waals surface area contributed by atoms with Gasteiger partial charge in [-0.15, -0.1) is 0 Å². The number of anilines is 1. The molecule has 0 aromatic heterocycles. The van der Waals surface area contributed by atoms with Gasteiger partial charge in [0.15, 0.2) is 0 Å². The lowest BCUT2D eigenvalue weighted by Crippen LogP contribution is -2.31. The lowest BCUT2D eigenvalue weighted by molar-refractivity contribution is -0.122. The Labute approximate surface area is 181 Å². The van der Waals surface area contributed by atoms with Crippen LogP contribution in [0.2, 0.25) is 0 Å². The highest BCUT2D eigenvalue weighted by Gasteiger charge is 2.49. The van der Waals surface area contributed by atoms with Gasteiger partial charge in [0.1, 0.15) is 0 Å². The molecule has 2 amide bonds. The molecule has 5 rings (SSSR count). The summed E-state index contributed by atoms with van der Waals surface area (Å²) in [5.41, 5.74) is 4.54. The van der Waals surface area contributed by atoms with E-state index in [0.717, 1.165) is 22.4 Å². The van der Waals surface area contributed by atoms with Crippen LogP contribution in [0.3, 0.4) is 0 Å². The molecule has 2 heterocycles. The Kier molecular flexibility index (Phi) is 5.04. The Morgan fingerprint density at radius 2 is 1.32 bits per heavy atom. The average molecular weight is 406 g/mol. The number of imide groups is 1. The third-order valence-corrected chi connectivity index (χ3v) is 5.95. The summed E-state index contributed by atoms with van der Waals surface area (Å²) < 4.78 is 0. The molecular formula is C27H22N2O2. The minimum Gasteiger partial charge on any atom is -0.284 e. The number of para-hydroxylation sites is 1. The van der Waals surface area contributed by atoms with E-state index in [1.165, 1.54) is 4.90 Å². The molecule has 3 aromatic carbocycles. The maximum Gasteiger partial charge on any atom is 0.239 e. The number of carbonyl (C=O) groups is 2. The molecule has 0 radical (unpaired) electrons. The zero-order valence-electron chi connectivity index (χ0n) is 17.0. The summed E-state index contributed by atoms with van der Waals surface area (Å²) in [6.45, 7) is 0.314. The summed E-state index contributed by atoms with van der Waals surface area (Å²) in [5, 5.41) is 0. The summed E-state index contributed by atoms with van der Waals surface area (Å²) in [6.07, 6.45) is 2.58. The van der Waals surface area contributed by atoms with Crippen molar-refractivity contribution in [1.29, 1.82) is 0 Å². The fourth-order valence-corrected chi connectivity index (χ4v) is 4.43. The SMILES string of the molecule is O=C1C2CN=C(c3ccccc3)/C(=C/c3ccccc3)CC2C(=O)N1c1ccccc1. The summed E-state index contributed by atoms with van der Waals surface area (Å²) >= 11 is 0. The summed E-state index contributed by atoms with van der Waals surface area (Å²) in [4.78, 5) is 32.8. The molecule has 2 atom stereocenters. The zero-order valence-corrected chi connectivity index (χ0v) is 17.0. The number of carbonyl (C=O) groups excluding carboxylic acids is 2. The third kappa shape index (κ3) is 3.61. The van der Waals surface area contributed by atoms with Gasteiger partial charge in [-0.2, -0.15) is 0 Å². The van der Waals surface area contributed by atoms with Gasteiger partial charge in [0.2, 0.25) is 11.8 Å². The minimum atomic E-state index is -0.437. The van der Waals surface area contributed by atoms with Crippen molar-refractivity contribution in [3.8, 4) is 0 Å². The van der Waals surface area contributed by atoms with Crippen molar-refractivity contribution in [2.24, 2.45) is 16.8 Å². The maximum absolute atomic E-state index is 13.4. The van der Waals surface area contributed by atoms with E-state index in [4.69, 9.17) is 4.99 Å². The predicted octanol–water partition coefficient (Wildman–Crippen LogP) is 4.77. The van der Waals surface area contributed by atoms with Gasteiger partial charge in [-0.1, -0.05) is 78.9 Å². The van der Waals surface area contributed by atoms with Crippen LogP contribution in [-0.4, -0.2) is 24.1 Å². The van der Waals surface area contributed by atoms with E-state index >= 15 is 0 Å². The van der Waals surface area contributed by atoms with E-state index < -0.39 is 11.8 Å². The van der Waals surface area contributed by atoms with Crippen LogP contribution in [0.1, 0.15) is 17.5 Å². The molecule has 1 fully saturated rings. The monoisotopic (exact) mass is 406 g/mol. The second kappa shape index (κ2) is 8.15. The van der Waals surface area contributed by atoms with Gasteiger partial charge in [-0.3, -0.25) is 14.6 Å². The number of rotatable bonds is 3. The van der Waals surface area contributed by atoms with Crippen LogP contribution >= 0.6 is 0 Å². The molecular weight excluding hydrogens is 384 g/mol. The van der Waals surface area contributed by atoms with Gasteiger partial charge >= 0.3 is 0 Å². The molecule has 2 aliphatic rings. The zero-order chi connectivity index (χ0) is 21.2. The van der Waals surface area contributed by atoms with Gasteiger partial charge in [-0.25, -0.2) is 4.90 Å². The Hall–Kier alpha value is -3.79. The molecule has 1 saturated heterocycles. The van der Waals surface area contributed by atoms with Crippen molar-refractivity contribution in [2.45, 2.75) is 6.42 Å². The van der Waals surface area contributed by atoms with Crippen LogP contribution < -0.4 is 4.90 Å². The van der Waals surface area contributed by atoms with E-state index in [0.29, 0.717) is 18.7 Å². The molecule has 152 valence electrons. The number of hydrogen-bond donors (Lipinski definition) is 0. The van der Waals surface area contributed by atoms with Crippen molar-refractivity contribution in [3.63, 3.8) is 0 Å². The summed E-state index contributed by atoms with van der Waals surface area (Å²) in [6, 6.07) is 29.2. The van der Waals surface area contributed by atoms with Gasteiger partial charge in [0.25, 0.3) is 0 Å². The largest absolute Gasteiger partial charge is 0.284 e. The highest BCUT2D eigenvalue weighted by Crippen LogP contribution is 2.38. The van der Waals surface area contributed by atoms with Crippen molar-refractivity contribution >= 4 is 29.3 Å². The van der Waals surface area contributed by atoms with E-state index in [2.05, 4.69) is 6.08 Å². The molecule has 4 heteroatoms. The molecule has 2 unspecified atom stereocenters. The molecule has 0 aliphatic carbocycles. The fourth-order valence-electron chi connectivity index (χ4n) is 4.43. The van der Waals surface area contributed by atoms with Crippen molar-refractivity contribution < 1.29 is 9.59 Å². The summed E-state index contributed by atoms with van der Waals surface area (Å²) in [7, 11) is 0. The quantitative estimate of drug-likeness (QED) is 0.589. The molecule has 0 saturated carbocycles. The van der Waals surface area contributed by atoms with E-state index in [1.807, 2.05) is 78.9 Å². The Morgan fingerprint density at radius 3 is 2.00 bits per heavy atom. The number of benzene rings is 3. The smallest absolute Gasteiger partial charge is 0.239 e. The highest BCUT2D eigenvalue weighted by molar-refractivity contribution is 6.23. The Morgan fingerprint density at radius 1 is 0.742 bits per heavy atom. The van der Waals surface area contributed by atoms with E-state index in [-0.39, 0.29) is 11.8 Å². The van der Waals surface area contributed by atoms with Crippen LogP contribution in [0.25, 0.3) is 6.08 Å². The first-order valence-corrected chi connectivity index (χ1v) is 10.5. The molecule has 0 spiro atoms. The number of fused-ring (bicyclic) bond motifs is 1. The molecule has 0 bridgehead atoms. The predicted molar refractivity (Wildman–Crippen MR) is 123 cm³/mol. The Bertz CT molecular complexity index is 1170. The van der Waals surface area contributed by atoms with Crippen molar-refractivity contribution in [1.82, 2.24) is 0 Å². The third-order valence-electron chi connectivity index (χ3n) is 5.95. The lowest BCUT2D eigenvalue weighted by Gasteiger charge is -2.16. The normalized spacial score (nSPS) is 22.3. The molecule has 2 aliphatic heterocycles. The molecule has 4 nitrogen and oxygen atoms in total. The van der Waals surface area contributed by atoms with Crippen molar-refractivity contribution in [3.05, 3.63) is 108 Å². The van der Waals surface area contributed by atoms with Crippen LogP contribution in [0.5, 0.6) is 0 Å². The second-order valence-corrected chi connectivity index (χ2v) is 7.90. The topological polar surface area (TPSA) is 49.7 Å². The fraction of sp³-hybridized carbons (Fsp3) is 0.148. The minimum absolute atomic E-state index is 0.135. The molecule has 3 aromatic rings. The number of hydrogen-bond acceptors (Lipinski definition) is 3. The van der Waals surface area contributed by atoms with Gasteiger partial charge in [-0.05, 0) is 41.3 Å². The number of aliphatic imine (C=N–C) groups is 1. The van der Waals surface area contributed by atoms with Gasteiger partial charge in [0.05, 0.1) is 29.8 Å². The van der Waals surface area contributed by atoms with E-state index in [9.17, 15) is 9.59 Å². The first-order valence-electron chi connectivity index (χ1n) is 10.5. The standard InChI is InChI=1S/C27H22N2O2/c30-26-23-17-21(16-19-10-4-1-5-11-19)25(20-12-6-2-7-13-20)28-18-24(23)27(31)29(26)22-14-8-3-9-15-22/h1-16,23-24H,17-18H2/b21-16+. The molecule has 0 N–H and O–H groups in total. The lowest BCUT2D eigenvalue weighted by atomic mass is 9.87. The first-order chi connectivity index (χ1) is 15.2. The van der Waals surface area contributed by atoms with Crippen LogP contribution in [0.4, 0.5) is 5.69 Å². The van der Waals surface area contributed by atoms with Crippen LogP contribution in [0.15, 0.2) is 102 Å². The van der Waals surface area contributed by atoms with Gasteiger partial charge < -0.3 is 0 Å². The van der Waals surface area contributed by atoms with Crippen LogP contribution in [0, 0.1) is 11.8 Å². The van der Waals surface area contributed by atoms with Gasteiger partial charge in [0, 0.05) is 0 Å². The maximum atomic E-state index is 13.4. The molecule has 31 heavy (non-hydrogen) atoms. The van der Waals surface area contributed by atoms with Crippen molar-refractivity contribution in [2.75, 3.05) is 11.4 Å². The highest BCUT2D eigenvalue weighted by atomic mass is 16.2. The van der Waals surface area contributed by atoms with Crippen LogP contribution in [-0.2, 0) is 9.59 Å². The number of nitrogens with zero attached hydrogens (tertiary/aromatic N) is 2. The number of allylic oxidation sites excluding steroid dienone is 1. The van der Waals surface area contributed by atoms with E-state index in [1.54, 1.807) is 12.1 Å². The second-order valence-electron chi connectivity index (χ2n) is 7.90. The first kappa shape index (κ1) is 19.2. The average Bonchev–Trinajstić information content (AvgIpc) is 2.94. The number of amides is 2.